The molecule has 1 rings (SSSR count). The van der Waals surface area contributed by atoms with Crippen molar-refractivity contribution in [1.29, 1.82) is 0 Å². The molecule has 0 spiro atoms. The summed E-state index contributed by atoms with van der Waals surface area (Å²) < 4.78 is 16.0. The molecule has 7 heteroatoms. The molecule has 0 unspecified atom stereocenters. The van der Waals surface area contributed by atoms with Gasteiger partial charge in [0.1, 0.15) is 6.61 Å². The first kappa shape index (κ1) is 16.2. The van der Waals surface area contributed by atoms with Crippen LogP contribution in [-0.2, 0) is 11.3 Å². The van der Waals surface area contributed by atoms with E-state index in [1.165, 1.54) is 19.2 Å². The number of hydrogen-bond donors (Lipinski definition) is 1. The zero-order valence-electron chi connectivity index (χ0n) is 11.9. The summed E-state index contributed by atoms with van der Waals surface area (Å²) in [6.07, 6.45) is 0.106. The molecular formula is C13H20N2O5. The van der Waals surface area contributed by atoms with Gasteiger partial charge in [0.05, 0.1) is 30.8 Å². The second-order valence-electron chi connectivity index (χ2n) is 4.36. The summed E-state index contributed by atoms with van der Waals surface area (Å²) in [6.45, 7) is 4.58. The van der Waals surface area contributed by atoms with Gasteiger partial charge in [-0.05, 0) is 19.9 Å². The van der Waals surface area contributed by atoms with Crippen molar-refractivity contribution in [2.24, 2.45) is 5.73 Å². The first-order chi connectivity index (χ1) is 9.49. The summed E-state index contributed by atoms with van der Waals surface area (Å²) in [5.74, 6) is 0.726. The molecule has 0 aliphatic carbocycles. The third-order valence-electron chi connectivity index (χ3n) is 2.57. The molecule has 2 N–H and O–H groups in total. The van der Waals surface area contributed by atoms with Gasteiger partial charge in [0.15, 0.2) is 11.5 Å². The van der Waals surface area contributed by atoms with Crippen molar-refractivity contribution in [2.45, 2.75) is 26.5 Å². The lowest BCUT2D eigenvalue weighted by Crippen LogP contribution is -2.12. The minimum atomic E-state index is -0.487. The quantitative estimate of drug-likeness (QED) is 0.444. The fourth-order valence-electron chi connectivity index (χ4n) is 1.63. The number of ether oxygens (including phenoxy) is 3. The summed E-state index contributed by atoms with van der Waals surface area (Å²) >= 11 is 0. The molecule has 1 aromatic carbocycles. The molecule has 0 radical (unpaired) electrons. The van der Waals surface area contributed by atoms with Gasteiger partial charge in [0, 0.05) is 12.1 Å². The van der Waals surface area contributed by atoms with Crippen molar-refractivity contribution in [3.8, 4) is 11.5 Å². The lowest BCUT2D eigenvalue weighted by atomic mass is 10.1. The average Bonchev–Trinajstić information content (AvgIpc) is 2.42. The van der Waals surface area contributed by atoms with E-state index in [4.69, 9.17) is 19.9 Å². The van der Waals surface area contributed by atoms with Gasteiger partial charge in [-0.1, -0.05) is 0 Å². The van der Waals surface area contributed by atoms with Crippen molar-refractivity contribution in [3.63, 3.8) is 0 Å². The van der Waals surface area contributed by atoms with Crippen LogP contribution in [0.4, 0.5) is 5.69 Å². The fourth-order valence-corrected chi connectivity index (χ4v) is 1.63. The Labute approximate surface area is 117 Å². The van der Waals surface area contributed by atoms with Crippen LogP contribution in [0.2, 0.25) is 0 Å². The third kappa shape index (κ3) is 4.36. The minimum absolute atomic E-state index is 0.0589. The Morgan fingerprint density at radius 1 is 1.30 bits per heavy atom. The van der Waals surface area contributed by atoms with Gasteiger partial charge >= 0.3 is 0 Å². The highest BCUT2D eigenvalue weighted by Crippen LogP contribution is 2.34. The van der Waals surface area contributed by atoms with E-state index < -0.39 is 4.92 Å². The number of benzene rings is 1. The number of nitro groups is 1. The molecule has 0 aliphatic heterocycles. The van der Waals surface area contributed by atoms with Crippen LogP contribution in [0.15, 0.2) is 12.1 Å². The molecule has 0 bridgehead atoms. The lowest BCUT2D eigenvalue weighted by Gasteiger charge is -2.13. The molecular weight excluding hydrogens is 264 g/mol. The smallest absolute Gasteiger partial charge is 0.277 e. The zero-order chi connectivity index (χ0) is 15.1. The van der Waals surface area contributed by atoms with Gasteiger partial charge in [-0.3, -0.25) is 10.1 Å². The lowest BCUT2D eigenvalue weighted by molar-refractivity contribution is -0.385. The molecule has 7 nitrogen and oxygen atoms in total. The Hall–Kier alpha value is -1.86. The second-order valence-corrected chi connectivity index (χ2v) is 4.36. The third-order valence-corrected chi connectivity index (χ3v) is 2.57. The van der Waals surface area contributed by atoms with E-state index in [1.54, 1.807) is 0 Å². The summed E-state index contributed by atoms with van der Waals surface area (Å²) in [5.41, 5.74) is 5.82. The number of nitrogens with zero attached hydrogens (tertiary/aromatic N) is 1. The monoisotopic (exact) mass is 284 g/mol. The predicted molar refractivity (Wildman–Crippen MR) is 74.1 cm³/mol. The summed E-state index contributed by atoms with van der Waals surface area (Å²) in [4.78, 5) is 10.5. The van der Waals surface area contributed by atoms with E-state index in [-0.39, 0.29) is 24.9 Å². The molecule has 0 amide bonds. The van der Waals surface area contributed by atoms with Crippen LogP contribution < -0.4 is 15.2 Å². The average molecular weight is 284 g/mol. The van der Waals surface area contributed by atoms with Crippen LogP contribution in [0, 0.1) is 10.1 Å². The first-order valence-corrected chi connectivity index (χ1v) is 6.29. The number of nitrogens with two attached hydrogens (primary N) is 1. The number of rotatable bonds is 8. The molecule has 1 aromatic rings. The van der Waals surface area contributed by atoms with Gasteiger partial charge in [0.2, 0.25) is 0 Å². The van der Waals surface area contributed by atoms with E-state index >= 15 is 0 Å². The van der Waals surface area contributed by atoms with Crippen molar-refractivity contribution >= 4 is 5.69 Å². The van der Waals surface area contributed by atoms with Crippen LogP contribution >= 0.6 is 0 Å². The molecule has 20 heavy (non-hydrogen) atoms. The van der Waals surface area contributed by atoms with E-state index in [9.17, 15) is 10.1 Å². The largest absolute Gasteiger partial charge is 0.493 e. The van der Waals surface area contributed by atoms with Gasteiger partial charge in [0.25, 0.3) is 5.69 Å². The minimum Gasteiger partial charge on any atom is -0.493 e. The predicted octanol–water partition coefficient (Wildman–Crippen LogP) is 1.87. The molecule has 0 aliphatic rings. The van der Waals surface area contributed by atoms with Gasteiger partial charge in [-0.2, -0.15) is 0 Å². The SMILES string of the molecule is COc1cc(CN)c([N+](=O)[O-])cc1OCCOC(C)C. The Kier molecular flexibility index (Phi) is 6.20. The highest BCUT2D eigenvalue weighted by Gasteiger charge is 2.18. The number of hydrogen-bond acceptors (Lipinski definition) is 6. The van der Waals surface area contributed by atoms with Gasteiger partial charge in [-0.15, -0.1) is 0 Å². The number of nitro benzene ring substituents is 1. The first-order valence-electron chi connectivity index (χ1n) is 6.29. The maximum atomic E-state index is 11.0. The molecule has 0 atom stereocenters. The highest BCUT2D eigenvalue weighted by molar-refractivity contribution is 5.54. The molecule has 0 fully saturated rings. The Morgan fingerprint density at radius 2 is 2.00 bits per heavy atom. The standard InChI is InChI=1S/C13H20N2O5/c1-9(2)19-4-5-20-13-7-11(15(16)17)10(8-14)6-12(13)18-3/h6-7,9H,4-5,8,14H2,1-3H3. The Bertz CT molecular complexity index is 462. The van der Waals surface area contributed by atoms with Crippen LogP contribution in [0.25, 0.3) is 0 Å². The van der Waals surface area contributed by atoms with Crippen LogP contribution in [0.5, 0.6) is 11.5 Å². The van der Waals surface area contributed by atoms with E-state index in [2.05, 4.69) is 0 Å². The number of methoxy groups -OCH3 is 1. The van der Waals surface area contributed by atoms with Crippen molar-refractivity contribution in [2.75, 3.05) is 20.3 Å². The Morgan fingerprint density at radius 3 is 2.50 bits per heavy atom. The van der Waals surface area contributed by atoms with Gasteiger partial charge < -0.3 is 19.9 Å². The Balaban J connectivity index is 2.88. The summed E-state index contributed by atoms with van der Waals surface area (Å²) in [7, 11) is 1.47. The van der Waals surface area contributed by atoms with Crippen LogP contribution in [0.1, 0.15) is 19.4 Å². The molecule has 112 valence electrons. The van der Waals surface area contributed by atoms with Gasteiger partial charge in [-0.25, -0.2) is 0 Å². The molecule has 0 saturated carbocycles. The zero-order valence-corrected chi connectivity index (χ0v) is 11.9. The fraction of sp³-hybridized carbons (Fsp3) is 0.538. The van der Waals surface area contributed by atoms with Crippen LogP contribution in [-0.4, -0.2) is 31.4 Å². The van der Waals surface area contributed by atoms with Crippen molar-refractivity contribution in [3.05, 3.63) is 27.8 Å². The van der Waals surface area contributed by atoms with E-state index in [1.807, 2.05) is 13.8 Å². The summed E-state index contributed by atoms with van der Waals surface area (Å²) in [6, 6.07) is 2.85. The van der Waals surface area contributed by atoms with Crippen molar-refractivity contribution < 1.29 is 19.1 Å². The van der Waals surface area contributed by atoms with E-state index in [0.717, 1.165) is 0 Å². The summed E-state index contributed by atoms with van der Waals surface area (Å²) in [5, 5.41) is 11.0. The molecule has 0 saturated heterocycles. The highest BCUT2D eigenvalue weighted by atomic mass is 16.6. The normalized spacial score (nSPS) is 10.7. The molecule has 0 heterocycles. The maximum absolute atomic E-state index is 11.0. The van der Waals surface area contributed by atoms with Crippen molar-refractivity contribution in [1.82, 2.24) is 0 Å². The topological polar surface area (TPSA) is 96.9 Å². The van der Waals surface area contributed by atoms with E-state index in [0.29, 0.717) is 23.7 Å². The van der Waals surface area contributed by atoms with Crippen LogP contribution in [0.3, 0.4) is 0 Å². The maximum Gasteiger partial charge on any atom is 0.277 e. The second kappa shape index (κ2) is 7.66. The molecule has 0 aromatic heterocycles.